The lowest BCUT2D eigenvalue weighted by molar-refractivity contribution is 0.285. The molecule has 0 amide bonds. The van der Waals surface area contributed by atoms with Crippen molar-refractivity contribution in [3.05, 3.63) is 94.0 Å². The molecule has 2 nitrogen and oxygen atoms in total. The summed E-state index contributed by atoms with van der Waals surface area (Å²) in [5, 5.41) is 0. The van der Waals surface area contributed by atoms with Gasteiger partial charge in [0, 0.05) is 23.5 Å². The number of hydrogen-bond donors (Lipinski definition) is 0. The third-order valence-corrected chi connectivity index (χ3v) is 5.81. The van der Waals surface area contributed by atoms with Crippen LogP contribution in [0.25, 0.3) is 0 Å². The standard InChI is InChI=1S/C24H22Cl4O2/c25-11-17-5-18(12-26)8-23(7-17)29-15-21-3-1-2-4-22(21)16-30-24-9-19(13-27)6-20(10-24)14-28/h1-10H,11-16H2. The lowest BCUT2D eigenvalue weighted by Gasteiger charge is -2.14. The van der Waals surface area contributed by atoms with Gasteiger partial charge >= 0.3 is 0 Å². The highest BCUT2D eigenvalue weighted by Crippen LogP contribution is 2.24. The van der Waals surface area contributed by atoms with Crippen molar-refractivity contribution in [1.82, 2.24) is 0 Å². The van der Waals surface area contributed by atoms with E-state index < -0.39 is 0 Å². The molecule has 0 heterocycles. The molecule has 0 radical (unpaired) electrons. The highest BCUT2D eigenvalue weighted by Gasteiger charge is 2.08. The summed E-state index contributed by atoms with van der Waals surface area (Å²) in [5.41, 5.74) is 6.03. The molecule has 0 unspecified atom stereocenters. The summed E-state index contributed by atoms with van der Waals surface area (Å²) >= 11 is 23.9. The molecule has 3 rings (SSSR count). The number of hydrogen-bond acceptors (Lipinski definition) is 2. The molecule has 0 aliphatic heterocycles. The van der Waals surface area contributed by atoms with Gasteiger partial charge in [-0.2, -0.15) is 0 Å². The molecule has 0 fully saturated rings. The number of rotatable bonds is 10. The van der Waals surface area contributed by atoms with Crippen LogP contribution in [0, 0.1) is 0 Å². The molecule has 0 aliphatic rings. The predicted octanol–water partition coefficient (Wildman–Crippen LogP) is 7.80. The molecule has 0 bridgehead atoms. The van der Waals surface area contributed by atoms with E-state index in [9.17, 15) is 0 Å². The monoisotopic (exact) mass is 482 g/mol. The third kappa shape index (κ3) is 6.46. The Morgan fingerprint density at radius 2 is 0.833 bits per heavy atom. The van der Waals surface area contributed by atoms with Crippen LogP contribution in [-0.4, -0.2) is 0 Å². The highest BCUT2D eigenvalue weighted by molar-refractivity contribution is 6.18. The van der Waals surface area contributed by atoms with Gasteiger partial charge in [0.1, 0.15) is 24.7 Å². The van der Waals surface area contributed by atoms with Gasteiger partial charge in [-0.15, -0.1) is 46.4 Å². The maximum Gasteiger partial charge on any atom is 0.120 e. The van der Waals surface area contributed by atoms with Crippen molar-refractivity contribution >= 4 is 46.4 Å². The van der Waals surface area contributed by atoms with Gasteiger partial charge in [0.05, 0.1) is 0 Å². The minimum absolute atomic E-state index is 0.414. The van der Waals surface area contributed by atoms with Gasteiger partial charge in [-0.3, -0.25) is 0 Å². The van der Waals surface area contributed by atoms with Crippen LogP contribution in [0.2, 0.25) is 0 Å². The van der Waals surface area contributed by atoms with E-state index >= 15 is 0 Å². The average molecular weight is 484 g/mol. The molecule has 0 N–H and O–H groups in total. The quantitative estimate of drug-likeness (QED) is 0.274. The fourth-order valence-electron chi connectivity index (χ4n) is 3.09. The van der Waals surface area contributed by atoms with Crippen molar-refractivity contribution in [2.45, 2.75) is 36.7 Å². The lowest BCUT2D eigenvalue weighted by atomic mass is 10.1. The number of alkyl halides is 4. The molecule has 0 spiro atoms. The van der Waals surface area contributed by atoms with E-state index in [0.29, 0.717) is 36.7 Å². The largest absolute Gasteiger partial charge is 0.489 e. The summed E-state index contributed by atoms with van der Waals surface area (Å²) in [6, 6.07) is 19.8. The number of benzene rings is 3. The van der Waals surface area contributed by atoms with Crippen molar-refractivity contribution in [2.24, 2.45) is 0 Å². The van der Waals surface area contributed by atoms with Gasteiger partial charge in [0.15, 0.2) is 0 Å². The average Bonchev–Trinajstić information content (AvgIpc) is 2.81. The van der Waals surface area contributed by atoms with Gasteiger partial charge in [-0.1, -0.05) is 36.4 Å². The van der Waals surface area contributed by atoms with E-state index in [4.69, 9.17) is 55.9 Å². The Kier molecular flexibility index (Phi) is 9.02. The van der Waals surface area contributed by atoms with Gasteiger partial charge < -0.3 is 9.47 Å². The van der Waals surface area contributed by atoms with E-state index in [1.165, 1.54) is 0 Å². The fraction of sp³-hybridized carbons (Fsp3) is 0.250. The van der Waals surface area contributed by atoms with Crippen LogP contribution < -0.4 is 9.47 Å². The predicted molar refractivity (Wildman–Crippen MR) is 126 cm³/mol. The van der Waals surface area contributed by atoms with Gasteiger partial charge in [0.25, 0.3) is 0 Å². The van der Waals surface area contributed by atoms with Crippen molar-refractivity contribution in [2.75, 3.05) is 0 Å². The minimum atomic E-state index is 0.414. The first-order chi connectivity index (χ1) is 14.6. The van der Waals surface area contributed by atoms with E-state index in [1.807, 2.05) is 60.7 Å². The van der Waals surface area contributed by atoms with Crippen molar-refractivity contribution in [3.8, 4) is 11.5 Å². The maximum absolute atomic E-state index is 6.04. The number of halogens is 4. The smallest absolute Gasteiger partial charge is 0.120 e. The van der Waals surface area contributed by atoms with Crippen molar-refractivity contribution < 1.29 is 9.47 Å². The number of ether oxygens (including phenoxy) is 2. The van der Waals surface area contributed by atoms with Crippen LogP contribution in [0.15, 0.2) is 60.7 Å². The Morgan fingerprint density at radius 3 is 1.13 bits per heavy atom. The first-order valence-electron chi connectivity index (χ1n) is 9.47. The molecule has 0 atom stereocenters. The van der Waals surface area contributed by atoms with Crippen molar-refractivity contribution in [3.63, 3.8) is 0 Å². The van der Waals surface area contributed by atoms with Crippen LogP contribution in [0.1, 0.15) is 33.4 Å². The molecule has 3 aromatic rings. The van der Waals surface area contributed by atoms with Crippen molar-refractivity contribution in [1.29, 1.82) is 0 Å². The summed E-state index contributed by atoms with van der Waals surface area (Å²) in [6.07, 6.45) is 0. The Bertz CT molecular complexity index is 852. The summed E-state index contributed by atoms with van der Waals surface area (Å²) in [7, 11) is 0. The molecule has 30 heavy (non-hydrogen) atoms. The first-order valence-corrected chi connectivity index (χ1v) is 11.6. The molecular formula is C24H22Cl4O2. The SMILES string of the molecule is ClCc1cc(CCl)cc(OCc2ccccc2COc2cc(CCl)cc(CCl)c2)c1. The molecular weight excluding hydrogens is 462 g/mol. The topological polar surface area (TPSA) is 18.5 Å². The molecule has 0 saturated carbocycles. The zero-order chi connectivity index (χ0) is 21.3. The molecule has 0 aromatic heterocycles. The van der Waals surface area contributed by atoms with Crippen LogP contribution in [-0.2, 0) is 36.7 Å². The van der Waals surface area contributed by atoms with Crippen LogP contribution in [0.4, 0.5) is 0 Å². The van der Waals surface area contributed by atoms with Crippen LogP contribution in [0.5, 0.6) is 11.5 Å². The van der Waals surface area contributed by atoms with E-state index in [2.05, 4.69) is 0 Å². The summed E-state index contributed by atoms with van der Waals surface area (Å²) in [4.78, 5) is 0. The van der Waals surface area contributed by atoms with E-state index in [1.54, 1.807) is 0 Å². The second-order valence-corrected chi connectivity index (χ2v) is 7.92. The first kappa shape index (κ1) is 23.1. The summed E-state index contributed by atoms with van der Waals surface area (Å²) in [5.74, 6) is 3.16. The molecule has 3 aromatic carbocycles. The lowest BCUT2D eigenvalue weighted by Crippen LogP contribution is -2.04. The maximum atomic E-state index is 6.04. The fourth-order valence-corrected chi connectivity index (χ4v) is 3.71. The normalized spacial score (nSPS) is 10.8. The third-order valence-electron chi connectivity index (χ3n) is 4.58. The highest BCUT2D eigenvalue weighted by atomic mass is 35.5. The Morgan fingerprint density at radius 1 is 0.500 bits per heavy atom. The Hall–Kier alpha value is -1.58. The minimum Gasteiger partial charge on any atom is -0.489 e. The molecule has 0 aliphatic carbocycles. The van der Waals surface area contributed by atoms with Gasteiger partial charge in [-0.05, 0) is 57.6 Å². The second-order valence-electron chi connectivity index (χ2n) is 6.85. The molecule has 6 heteroatoms. The molecule has 0 saturated heterocycles. The van der Waals surface area contributed by atoms with Gasteiger partial charge in [-0.25, -0.2) is 0 Å². The molecule has 158 valence electrons. The van der Waals surface area contributed by atoms with Crippen LogP contribution >= 0.6 is 46.4 Å². The Labute approximate surface area is 197 Å². The second kappa shape index (κ2) is 11.7. The summed E-state index contributed by atoms with van der Waals surface area (Å²) < 4.78 is 12.1. The van der Waals surface area contributed by atoms with E-state index in [-0.39, 0.29) is 0 Å². The Balaban J connectivity index is 1.71. The van der Waals surface area contributed by atoms with Crippen LogP contribution in [0.3, 0.4) is 0 Å². The zero-order valence-corrected chi connectivity index (χ0v) is 19.4. The van der Waals surface area contributed by atoms with E-state index in [0.717, 1.165) is 44.9 Å². The zero-order valence-electron chi connectivity index (χ0n) is 16.3. The summed E-state index contributed by atoms with van der Waals surface area (Å²) in [6.45, 7) is 0.837. The van der Waals surface area contributed by atoms with Gasteiger partial charge in [0.2, 0.25) is 0 Å².